The van der Waals surface area contributed by atoms with Gasteiger partial charge in [-0.2, -0.15) is 0 Å². The Bertz CT molecular complexity index is 1260. The highest BCUT2D eigenvalue weighted by molar-refractivity contribution is 8.19. The smallest absolute Gasteiger partial charge is 0.298 e. The largest absolute Gasteiger partial charge is 0.490 e. The fourth-order valence-corrected chi connectivity index (χ4v) is 4.59. The lowest BCUT2D eigenvalue weighted by molar-refractivity contribution is -0.113. The highest BCUT2D eigenvalue weighted by Crippen LogP contribution is 2.40. The summed E-state index contributed by atoms with van der Waals surface area (Å²) in [6.45, 7) is 4.63. The first-order valence-corrected chi connectivity index (χ1v) is 12.1. The Hall–Kier alpha value is -2.93. The fraction of sp³-hybridized carbons (Fsp3) is 0.154. The van der Waals surface area contributed by atoms with Crippen LogP contribution < -0.4 is 14.4 Å². The van der Waals surface area contributed by atoms with Gasteiger partial charge in [-0.15, -0.1) is 0 Å². The summed E-state index contributed by atoms with van der Waals surface area (Å²) in [6.07, 6.45) is 1.62. The van der Waals surface area contributed by atoms with E-state index in [1.165, 1.54) is 5.56 Å². The molecule has 0 spiro atoms. The molecule has 174 valence electrons. The first kappa shape index (κ1) is 24.2. The number of benzene rings is 3. The van der Waals surface area contributed by atoms with Crippen LogP contribution in [0, 0.1) is 6.92 Å². The van der Waals surface area contributed by atoms with Crippen molar-refractivity contribution in [1.29, 1.82) is 0 Å². The van der Waals surface area contributed by atoms with Crippen LogP contribution in [0.3, 0.4) is 0 Å². The van der Waals surface area contributed by atoms with Crippen LogP contribution in [-0.4, -0.2) is 17.8 Å². The summed E-state index contributed by atoms with van der Waals surface area (Å²) in [5, 5.41) is 0.489. The number of nitrogens with zero attached hydrogens (tertiary/aromatic N) is 1. The van der Waals surface area contributed by atoms with E-state index in [1.807, 2.05) is 38.1 Å². The van der Waals surface area contributed by atoms with Gasteiger partial charge in [0.25, 0.3) is 11.1 Å². The third-order valence-corrected chi connectivity index (χ3v) is 6.41. The van der Waals surface area contributed by atoms with Crippen molar-refractivity contribution in [2.24, 2.45) is 0 Å². The quantitative estimate of drug-likeness (QED) is 0.305. The molecule has 0 aromatic heterocycles. The highest BCUT2D eigenvalue weighted by Gasteiger charge is 2.36. The minimum Gasteiger partial charge on any atom is -0.490 e. The van der Waals surface area contributed by atoms with Crippen LogP contribution in [-0.2, 0) is 11.4 Å². The number of amides is 2. The second-order valence-electron chi connectivity index (χ2n) is 7.53. The van der Waals surface area contributed by atoms with Crippen LogP contribution in [0.2, 0.25) is 10.0 Å². The second-order valence-corrected chi connectivity index (χ2v) is 9.37. The Balaban J connectivity index is 1.59. The average molecular weight is 514 g/mol. The normalized spacial score (nSPS) is 14.7. The van der Waals surface area contributed by atoms with E-state index in [-0.39, 0.29) is 10.1 Å². The van der Waals surface area contributed by atoms with Crippen LogP contribution in [0.25, 0.3) is 6.08 Å². The number of thioether (sulfide) groups is 1. The van der Waals surface area contributed by atoms with Crippen molar-refractivity contribution in [2.75, 3.05) is 11.5 Å². The van der Waals surface area contributed by atoms with Crippen molar-refractivity contribution in [3.8, 4) is 11.5 Å². The average Bonchev–Trinajstić information content (AvgIpc) is 3.08. The van der Waals surface area contributed by atoms with Gasteiger partial charge in [-0.05, 0) is 79.2 Å². The molecule has 1 saturated heterocycles. The molecule has 0 N–H and O–H groups in total. The van der Waals surface area contributed by atoms with Crippen molar-refractivity contribution < 1.29 is 19.1 Å². The van der Waals surface area contributed by atoms with Crippen molar-refractivity contribution >= 4 is 57.9 Å². The fourth-order valence-electron chi connectivity index (χ4n) is 3.35. The topological polar surface area (TPSA) is 55.8 Å². The zero-order valence-corrected chi connectivity index (χ0v) is 20.8. The number of anilines is 1. The molecule has 3 aromatic rings. The number of hydrogen-bond donors (Lipinski definition) is 0. The van der Waals surface area contributed by atoms with Crippen LogP contribution in [0.1, 0.15) is 23.6 Å². The van der Waals surface area contributed by atoms with Gasteiger partial charge in [0.1, 0.15) is 6.61 Å². The predicted octanol–water partition coefficient (Wildman–Crippen LogP) is 7.52. The Labute approximate surface area is 212 Å². The van der Waals surface area contributed by atoms with E-state index >= 15 is 0 Å². The molecule has 0 aliphatic carbocycles. The molecule has 8 heteroatoms. The third kappa shape index (κ3) is 5.41. The lowest BCUT2D eigenvalue weighted by Crippen LogP contribution is -2.27. The summed E-state index contributed by atoms with van der Waals surface area (Å²) in [4.78, 5) is 26.9. The number of imide groups is 1. The van der Waals surface area contributed by atoms with Gasteiger partial charge in [0.15, 0.2) is 11.5 Å². The first-order chi connectivity index (χ1) is 16.4. The number of halogens is 2. The predicted molar refractivity (Wildman–Crippen MR) is 138 cm³/mol. The van der Waals surface area contributed by atoms with Gasteiger partial charge in [-0.3, -0.25) is 9.59 Å². The van der Waals surface area contributed by atoms with E-state index in [1.54, 1.807) is 42.5 Å². The lowest BCUT2D eigenvalue weighted by atomic mass is 10.1. The SMILES string of the molecule is CCOc1cc(/C=C2/SC(=O)N(c3ccc(Cl)cc3)C2=O)cc(Cl)c1OCc1ccc(C)cc1. The molecule has 3 aromatic carbocycles. The minimum atomic E-state index is -0.411. The van der Waals surface area contributed by atoms with Gasteiger partial charge in [0.2, 0.25) is 0 Å². The maximum atomic E-state index is 12.9. The van der Waals surface area contributed by atoms with E-state index in [9.17, 15) is 9.59 Å². The summed E-state index contributed by atoms with van der Waals surface area (Å²) in [6, 6.07) is 18.0. The highest BCUT2D eigenvalue weighted by atomic mass is 35.5. The molecular formula is C26H21Cl2NO4S. The van der Waals surface area contributed by atoms with Gasteiger partial charge in [0.05, 0.1) is 22.2 Å². The molecule has 5 nitrogen and oxygen atoms in total. The molecule has 1 aliphatic rings. The van der Waals surface area contributed by atoms with E-state index in [0.717, 1.165) is 22.2 Å². The van der Waals surface area contributed by atoms with Gasteiger partial charge >= 0.3 is 0 Å². The van der Waals surface area contributed by atoms with E-state index < -0.39 is 5.91 Å². The first-order valence-electron chi connectivity index (χ1n) is 10.5. The molecular weight excluding hydrogens is 493 g/mol. The van der Waals surface area contributed by atoms with Crippen LogP contribution >= 0.6 is 35.0 Å². The number of aryl methyl sites for hydroxylation is 1. The molecule has 1 aliphatic heterocycles. The number of hydrogen-bond acceptors (Lipinski definition) is 5. The molecule has 0 radical (unpaired) electrons. The summed E-state index contributed by atoms with van der Waals surface area (Å²) >= 11 is 13.3. The summed E-state index contributed by atoms with van der Waals surface area (Å²) in [7, 11) is 0. The Morgan fingerprint density at radius 2 is 1.68 bits per heavy atom. The Kier molecular flexibility index (Phi) is 7.51. The molecule has 0 bridgehead atoms. The van der Waals surface area contributed by atoms with E-state index in [2.05, 4.69) is 0 Å². The molecule has 0 unspecified atom stereocenters. The maximum Gasteiger partial charge on any atom is 0.298 e. The standard InChI is InChI=1S/C26H21Cl2NO4S/c1-3-32-22-13-18(12-21(28)24(22)33-15-17-6-4-16(2)5-7-17)14-23-25(30)29(26(31)34-23)20-10-8-19(27)9-11-20/h4-14H,3,15H2,1-2H3/b23-14+. The molecule has 0 saturated carbocycles. The minimum absolute atomic E-state index is 0.284. The van der Waals surface area contributed by atoms with Crippen molar-refractivity contribution in [3.63, 3.8) is 0 Å². The molecule has 1 fully saturated rings. The van der Waals surface area contributed by atoms with Crippen molar-refractivity contribution in [1.82, 2.24) is 0 Å². The zero-order valence-electron chi connectivity index (χ0n) is 18.5. The summed E-state index contributed by atoms with van der Waals surface area (Å²) < 4.78 is 11.7. The van der Waals surface area contributed by atoms with Gasteiger partial charge in [-0.1, -0.05) is 53.0 Å². The van der Waals surface area contributed by atoms with Crippen LogP contribution in [0.15, 0.2) is 65.6 Å². The molecule has 0 atom stereocenters. The lowest BCUT2D eigenvalue weighted by Gasteiger charge is -2.15. The monoisotopic (exact) mass is 513 g/mol. The molecule has 4 rings (SSSR count). The Morgan fingerprint density at radius 3 is 2.35 bits per heavy atom. The number of ether oxygens (including phenoxy) is 2. The number of carbonyl (C=O) groups excluding carboxylic acids is 2. The van der Waals surface area contributed by atoms with Crippen LogP contribution in [0.5, 0.6) is 11.5 Å². The molecule has 2 amide bonds. The van der Waals surface area contributed by atoms with Gasteiger partial charge < -0.3 is 9.47 Å². The van der Waals surface area contributed by atoms with E-state index in [0.29, 0.717) is 46.0 Å². The number of carbonyl (C=O) groups is 2. The van der Waals surface area contributed by atoms with Crippen LogP contribution in [0.4, 0.5) is 10.5 Å². The Morgan fingerprint density at radius 1 is 0.971 bits per heavy atom. The van der Waals surface area contributed by atoms with Gasteiger partial charge in [0, 0.05) is 5.02 Å². The van der Waals surface area contributed by atoms with Crippen molar-refractivity contribution in [3.05, 3.63) is 92.3 Å². The van der Waals surface area contributed by atoms with Gasteiger partial charge in [-0.25, -0.2) is 4.90 Å². The van der Waals surface area contributed by atoms with Crippen molar-refractivity contribution in [2.45, 2.75) is 20.5 Å². The summed E-state index contributed by atoms with van der Waals surface area (Å²) in [5.74, 6) is 0.479. The number of rotatable bonds is 7. The molecule has 1 heterocycles. The molecule has 34 heavy (non-hydrogen) atoms. The third-order valence-electron chi connectivity index (χ3n) is 5.01. The second kappa shape index (κ2) is 10.6. The zero-order chi connectivity index (χ0) is 24.2. The maximum absolute atomic E-state index is 12.9. The van der Waals surface area contributed by atoms with E-state index in [4.69, 9.17) is 32.7 Å². The summed E-state index contributed by atoms with van der Waals surface area (Å²) in [5.41, 5.74) is 3.26.